The summed E-state index contributed by atoms with van der Waals surface area (Å²) in [6.45, 7) is 1.69. The van der Waals surface area contributed by atoms with E-state index in [0.717, 1.165) is 0 Å². The highest BCUT2D eigenvalue weighted by Crippen LogP contribution is 2.30. The van der Waals surface area contributed by atoms with Crippen molar-refractivity contribution in [2.45, 2.75) is 13.5 Å². The number of rotatable bonds is 6. The molecule has 28 heavy (non-hydrogen) atoms. The SMILES string of the molecule is CC(=O)N(c1nc(C=CC(=O)N(C)Cc2ccco2)cs1)c1ccccc1F. The maximum atomic E-state index is 14.1. The fourth-order valence-electron chi connectivity index (χ4n) is 2.49. The molecule has 0 bridgehead atoms. The van der Waals surface area contributed by atoms with E-state index in [9.17, 15) is 14.0 Å². The summed E-state index contributed by atoms with van der Waals surface area (Å²) in [5, 5.41) is 2.02. The summed E-state index contributed by atoms with van der Waals surface area (Å²) >= 11 is 1.19. The van der Waals surface area contributed by atoms with Crippen LogP contribution in [-0.4, -0.2) is 28.7 Å². The Bertz CT molecular complexity index is 998. The molecule has 2 aromatic heterocycles. The lowest BCUT2D eigenvalue weighted by molar-refractivity contribution is -0.125. The number of aromatic nitrogens is 1. The van der Waals surface area contributed by atoms with E-state index in [1.807, 2.05) is 0 Å². The minimum absolute atomic E-state index is 0.133. The van der Waals surface area contributed by atoms with E-state index >= 15 is 0 Å². The van der Waals surface area contributed by atoms with Gasteiger partial charge in [-0.2, -0.15) is 0 Å². The normalized spacial score (nSPS) is 11.0. The van der Waals surface area contributed by atoms with Crippen LogP contribution >= 0.6 is 11.3 Å². The van der Waals surface area contributed by atoms with Gasteiger partial charge >= 0.3 is 0 Å². The van der Waals surface area contributed by atoms with Crippen LogP contribution in [0.2, 0.25) is 0 Å². The molecule has 6 nitrogen and oxygen atoms in total. The summed E-state index contributed by atoms with van der Waals surface area (Å²) < 4.78 is 19.3. The van der Waals surface area contributed by atoms with Crippen LogP contribution in [-0.2, 0) is 16.1 Å². The van der Waals surface area contributed by atoms with E-state index in [2.05, 4.69) is 4.98 Å². The smallest absolute Gasteiger partial charge is 0.246 e. The standard InChI is InChI=1S/C20H18FN3O3S/c1-14(25)24(18-8-4-3-7-17(18)21)20-22-15(13-28-20)9-10-19(26)23(2)12-16-6-5-11-27-16/h3-11,13H,12H2,1-2H3. The number of carbonyl (C=O) groups is 2. The lowest BCUT2D eigenvalue weighted by Crippen LogP contribution is -2.24. The van der Waals surface area contributed by atoms with Crippen LogP contribution in [0.1, 0.15) is 18.4 Å². The zero-order valence-electron chi connectivity index (χ0n) is 15.3. The molecule has 3 rings (SSSR count). The van der Waals surface area contributed by atoms with Gasteiger partial charge in [0.15, 0.2) is 5.13 Å². The Morgan fingerprint density at radius 3 is 2.71 bits per heavy atom. The van der Waals surface area contributed by atoms with E-state index in [1.54, 1.807) is 49.0 Å². The van der Waals surface area contributed by atoms with Crippen LogP contribution < -0.4 is 4.90 Å². The van der Waals surface area contributed by atoms with Crippen molar-refractivity contribution in [2.75, 3.05) is 11.9 Å². The number of hydrogen-bond donors (Lipinski definition) is 0. The fourth-order valence-corrected chi connectivity index (χ4v) is 3.34. The molecule has 0 saturated carbocycles. The third-order valence-corrected chi connectivity index (χ3v) is 4.70. The van der Waals surface area contributed by atoms with E-state index in [1.165, 1.54) is 46.3 Å². The summed E-state index contributed by atoms with van der Waals surface area (Å²) in [4.78, 5) is 31.3. The summed E-state index contributed by atoms with van der Waals surface area (Å²) in [6.07, 6.45) is 4.50. The van der Waals surface area contributed by atoms with Gasteiger partial charge in [-0.3, -0.25) is 14.5 Å². The third-order valence-electron chi connectivity index (χ3n) is 3.86. The maximum absolute atomic E-state index is 14.1. The second kappa shape index (κ2) is 8.62. The Hall–Kier alpha value is -3.26. The Kier molecular flexibility index (Phi) is 6.00. The first-order valence-corrected chi connectivity index (χ1v) is 9.30. The maximum Gasteiger partial charge on any atom is 0.246 e. The Morgan fingerprint density at radius 1 is 1.25 bits per heavy atom. The molecule has 0 fully saturated rings. The number of halogens is 1. The molecule has 0 N–H and O–H groups in total. The van der Waals surface area contributed by atoms with Crippen LogP contribution in [0.25, 0.3) is 6.08 Å². The van der Waals surface area contributed by atoms with Crippen molar-refractivity contribution >= 4 is 40.0 Å². The quantitative estimate of drug-likeness (QED) is 0.582. The number of para-hydroxylation sites is 1. The van der Waals surface area contributed by atoms with Gasteiger partial charge < -0.3 is 9.32 Å². The molecule has 0 saturated heterocycles. The van der Waals surface area contributed by atoms with E-state index < -0.39 is 5.82 Å². The monoisotopic (exact) mass is 399 g/mol. The van der Waals surface area contributed by atoms with Crippen molar-refractivity contribution in [3.8, 4) is 0 Å². The molecule has 0 unspecified atom stereocenters. The molecule has 0 aliphatic heterocycles. The zero-order valence-corrected chi connectivity index (χ0v) is 16.1. The predicted octanol–water partition coefficient (Wildman–Crippen LogP) is 4.23. The van der Waals surface area contributed by atoms with E-state index in [4.69, 9.17) is 4.42 Å². The number of amides is 2. The van der Waals surface area contributed by atoms with Gasteiger partial charge in [-0.05, 0) is 30.3 Å². The fraction of sp³-hybridized carbons (Fsp3) is 0.150. The molecular weight excluding hydrogens is 381 g/mol. The molecule has 2 heterocycles. The van der Waals surface area contributed by atoms with Crippen molar-refractivity contribution < 1.29 is 18.4 Å². The van der Waals surface area contributed by atoms with Gasteiger partial charge in [-0.15, -0.1) is 11.3 Å². The van der Waals surface area contributed by atoms with Crippen molar-refractivity contribution in [3.05, 3.63) is 71.4 Å². The number of benzene rings is 1. The minimum atomic E-state index is -0.514. The molecule has 0 aliphatic carbocycles. The molecule has 8 heteroatoms. The minimum Gasteiger partial charge on any atom is -0.467 e. The summed E-state index contributed by atoms with van der Waals surface area (Å²) in [6, 6.07) is 9.55. The number of likely N-dealkylation sites (N-methyl/N-ethyl adjacent to an activating group) is 1. The van der Waals surface area contributed by atoms with E-state index in [0.29, 0.717) is 23.1 Å². The van der Waals surface area contributed by atoms with Crippen LogP contribution in [0.5, 0.6) is 0 Å². The zero-order chi connectivity index (χ0) is 20.1. The Balaban J connectivity index is 1.73. The van der Waals surface area contributed by atoms with Crippen LogP contribution in [0.3, 0.4) is 0 Å². The van der Waals surface area contributed by atoms with Gasteiger partial charge in [0.05, 0.1) is 24.2 Å². The molecule has 0 aliphatic rings. The number of anilines is 2. The molecule has 2 amide bonds. The molecule has 0 atom stereocenters. The summed E-state index contributed by atoms with van der Waals surface area (Å²) in [7, 11) is 1.66. The first kappa shape index (κ1) is 19.5. The highest BCUT2D eigenvalue weighted by atomic mass is 32.1. The predicted molar refractivity (Wildman–Crippen MR) is 106 cm³/mol. The molecule has 3 aromatic rings. The number of thiazole rings is 1. The molecule has 144 valence electrons. The first-order chi connectivity index (χ1) is 13.5. The Morgan fingerprint density at radius 2 is 2.04 bits per heavy atom. The van der Waals surface area contributed by atoms with Crippen molar-refractivity contribution in [1.82, 2.24) is 9.88 Å². The summed E-state index contributed by atoms with van der Waals surface area (Å²) in [5.74, 6) is -0.408. The first-order valence-electron chi connectivity index (χ1n) is 8.42. The molecular formula is C20H18FN3O3S. The number of carbonyl (C=O) groups excluding carboxylic acids is 2. The van der Waals surface area contributed by atoms with Crippen LogP contribution in [0.15, 0.2) is 58.5 Å². The summed E-state index contributed by atoms with van der Waals surface area (Å²) in [5.41, 5.74) is 0.636. The van der Waals surface area contributed by atoms with Gasteiger partial charge in [-0.25, -0.2) is 9.37 Å². The number of furan rings is 1. The van der Waals surface area contributed by atoms with Crippen molar-refractivity contribution in [3.63, 3.8) is 0 Å². The largest absolute Gasteiger partial charge is 0.467 e. The second-order valence-electron chi connectivity index (χ2n) is 5.97. The van der Waals surface area contributed by atoms with Crippen LogP contribution in [0, 0.1) is 5.82 Å². The lowest BCUT2D eigenvalue weighted by atomic mass is 10.3. The third kappa shape index (κ3) is 4.52. The van der Waals surface area contributed by atoms with Gasteiger partial charge in [0, 0.05) is 25.4 Å². The molecule has 0 spiro atoms. The number of hydrogen-bond acceptors (Lipinski definition) is 5. The lowest BCUT2D eigenvalue weighted by Gasteiger charge is -2.18. The molecule has 1 aromatic carbocycles. The van der Waals surface area contributed by atoms with Crippen LogP contribution in [0.4, 0.5) is 15.2 Å². The van der Waals surface area contributed by atoms with Gasteiger partial charge in [-0.1, -0.05) is 12.1 Å². The second-order valence-corrected chi connectivity index (χ2v) is 6.80. The average Bonchev–Trinajstić information content (AvgIpc) is 3.33. The van der Waals surface area contributed by atoms with Crippen molar-refractivity contribution in [2.24, 2.45) is 0 Å². The average molecular weight is 399 g/mol. The van der Waals surface area contributed by atoms with Gasteiger partial charge in [0.1, 0.15) is 11.6 Å². The van der Waals surface area contributed by atoms with Crippen molar-refractivity contribution in [1.29, 1.82) is 0 Å². The van der Waals surface area contributed by atoms with Gasteiger partial charge in [0.25, 0.3) is 0 Å². The Labute approximate surface area is 165 Å². The topological polar surface area (TPSA) is 66.7 Å². The molecule has 0 radical (unpaired) electrons. The van der Waals surface area contributed by atoms with E-state index in [-0.39, 0.29) is 17.5 Å². The highest BCUT2D eigenvalue weighted by Gasteiger charge is 2.20. The highest BCUT2D eigenvalue weighted by molar-refractivity contribution is 7.14. The van der Waals surface area contributed by atoms with Gasteiger partial charge in [0.2, 0.25) is 11.8 Å². The number of nitrogens with zero attached hydrogens (tertiary/aromatic N) is 3.